The van der Waals surface area contributed by atoms with Gasteiger partial charge in [-0.15, -0.1) is 0 Å². The number of rotatable bonds is 4. The zero-order valence-corrected chi connectivity index (χ0v) is 18.1. The number of nitrogens with zero attached hydrogens (tertiary/aromatic N) is 1. The number of piperidine rings is 1. The number of sulfonamides is 1. The molecule has 9 heteroatoms. The summed E-state index contributed by atoms with van der Waals surface area (Å²) in [7, 11) is -3.66. The molecule has 1 heterocycles. The van der Waals surface area contributed by atoms with Gasteiger partial charge >= 0.3 is 0 Å². The normalized spacial score (nSPS) is 18.3. The van der Waals surface area contributed by atoms with E-state index < -0.39 is 15.9 Å². The van der Waals surface area contributed by atoms with Crippen molar-refractivity contribution in [1.29, 1.82) is 0 Å². The van der Waals surface area contributed by atoms with Gasteiger partial charge in [0.25, 0.3) is 0 Å². The van der Waals surface area contributed by atoms with Crippen LogP contribution < -0.4 is 5.32 Å². The SMILES string of the molecule is O=C(Nc1ccc(Br)c(Cl)c1)C1CCCN(S(=O)(=O)c2ccc(Cl)cc2)C1. The molecule has 2 aromatic rings. The monoisotopic (exact) mass is 490 g/mol. The van der Waals surface area contributed by atoms with Crippen molar-refractivity contribution in [2.75, 3.05) is 18.4 Å². The molecule has 1 aliphatic rings. The molecule has 0 radical (unpaired) electrons. The van der Waals surface area contributed by atoms with Crippen molar-refractivity contribution in [3.05, 3.63) is 57.0 Å². The summed E-state index contributed by atoms with van der Waals surface area (Å²) >= 11 is 15.2. The minimum Gasteiger partial charge on any atom is -0.326 e. The zero-order valence-electron chi connectivity index (χ0n) is 14.2. The Balaban J connectivity index is 1.72. The Kier molecular flexibility index (Phi) is 6.48. The van der Waals surface area contributed by atoms with Gasteiger partial charge in [-0.1, -0.05) is 23.2 Å². The van der Waals surface area contributed by atoms with E-state index in [1.54, 1.807) is 30.3 Å². The molecule has 5 nitrogen and oxygen atoms in total. The van der Waals surface area contributed by atoms with Crippen molar-refractivity contribution in [3.8, 4) is 0 Å². The van der Waals surface area contributed by atoms with Gasteiger partial charge in [0.2, 0.25) is 15.9 Å². The number of halogens is 3. The van der Waals surface area contributed by atoms with Crippen LogP contribution in [0.2, 0.25) is 10.0 Å². The van der Waals surface area contributed by atoms with Gasteiger partial charge in [0.1, 0.15) is 0 Å². The van der Waals surface area contributed by atoms with Crippen molar-refractivity contribution in [2.24, 2.45) is 5.92 Å². The summed E-state index contributed by atoms with van der Waals surface area (Å²) in [6, 6.07) is 11.2. The van der Waals surface area contributed by atoms with Gasteiger partial charge in [-0.25, -0.2) is 8.42 Å². The van der Waals surface area contributed by atoms with Crippen LogP contribution in [0.25, 0.3) is 0 Å². The third kappa shape index (κ3) is 4.84. The first-order valence-corrected chi connectivity index (χ1v) is 11.3. The second-order valence-corrected chi connectivity index (χ2v) is 9.91. The quantitative estimate of drug-likeness (QED) is 0.668. The lowest BCUT2D eigenvalue weighted by Gasteiger charge is -2.31. The molecule has 0 aromatic heterocycles. The molecule has 1 atom stereocenters. The van der Waals surface area contributed by atoms with Gasteiger partial charge in [-0.3, -0.25) is 4.79 Å². The lowest BCUT2D eigenvalue weighted by Crippen LogP contribution is -2.43. The van der Waals surface area contributed by atoms with E-state index in [4.69, 9.17) is 23.2 Å². The van der Waals surface area contributed by atoms with Gasteiger partial charge in [-0.2, -0.15) is 4.31 Å². The lowest BCUT2D eigenvalue weighted by atomic mass is 9.99. The first-order chi connectivity index (χ1) is 12.8. The Hall–Kier alpha value is -1.12. The summed E-state index contributed by atoms with van der Waals surface area (Å²) in [4.78, 5) is 12.8. The molecule has 27 heavy (non-hydrogen) atoms. The minimum absolute atomic E-state index is 0.140. The van der Waals surface area contributed by atoms with E-state index in [-0.39, 0.29) is 17.3 Å². The van der Waals surface area contributed by atoms with E-state index >= 15 is 0 Å². The van der Waals surface area contributed by atoms with Crippen molar-refractivity contribution >= 4 is 60.7 Å². The van der Waals surface area contributed by atoms with Gasteiger partial charge < -0.3 is 5.32 Å². The predicted octanol–water partition coefficient (Wildman–Crippen LogP) is 4.80. The number of amides is 1. The zero-order chi connectivity index (χ0) is 19.6. The van der Waals surface area contributed by atoms with Crippen LogP contribution in [0.5, 0.6) is 0 Å². The first kappa shape index (κ1) is 20.6. The standard InChI is InChI=1S/C18H17BrCl2N2O3S/c19-16-8-5-14(10-17(16)21)22-18(24)12-2-1-9-23(11-12)27(25,26)15-6-3-13(20)4-7-15/h3-8,10,12H,1-2,9,11H2,(H,22,24). The molecule has 1 unspecified atom stereocenters. The molecule has 144 valence electrons. The van der Waals surface area contributed by atoms with Crippen LogP contribution in [-0.4, -0.2) is 31.7 Å². The molecule has 0 bridgehead atoms. The fraction of sp³-hybridized carbons (Fsp3) is 0.278. The molecule has 1 fully saturated rings. The maximum Gasteiger partial charge on any atom is 0.243 e. The van der Waals surface area contributed by atoms with E-state index in [2.05, 4.69) is 21.2 Å². The van der Waals surface area contributed by atoms with Gasteiger partial charge in [0.05, 0.1) is 15.8 Å². The Labute approximate surface area is 176 Å². The second-order valence-electron chi connectivity index (χ2n) is 6.27. The highest BCUT2D eigenvalue weighted by Gasteiger charge is 2.33. The number of anilines is 1. The molecule has 3 rings (SSSR count). The van der Waals surface area contributed by atoms with Gasteiger partial charge in [-0.05, 0) is 71.2 Å². The van der Waals surface area contributed by atoms with E-state index in [0.717, 1.165) is 4.47 Å². The highest BCUT2D eigenvalue weighted by Crippen LogP contribution is 2.28. The third-order valence-corrected chi connectivity index (χ3v) is 7.76. The van der Waals surface area contributed by atoms with E-state index in [1.807, 2.05) is 0 Å². The molecule has 1 N–H and O–H groups in total. The van der Waals surface area contributed by atoms with Gasteiger partial charge in [0.15, 0.2) is 0 Å². The number of carbonyl (C=O) groups is 1. The number of benzene rings is 2. The molecule has 2 aromatic carbocycles. The van der Waals surface area contributed by atoms with E-state index in [9.17, 15) is 13.2 Å². The Bertz CT molecular complexity index is 952. The topological polar surface area (TPSA) is 66.5 Å². The van der Waals surface area contributed by atoms with Crippen LogP contribution in [0.15, 0.2) is 51.8 Å². The Morgan fingerprint density at radius 1 is 1.15 bits per heavy atom. The van der Waals surface area contributed by atoms with E-state index in [1.165, 1.54) is 16.4 Å². The molecule has 0 aliphatic carbocycles. The van der Waals surface area contributed by atoms with Crippen molar-refractivity contribution in [3.63, 3.8) is 0 Å². The van der Waals surface area contributed by atoms with E-state index in [0.29, 0.717) is 35.1 Å². The number of carbonyl (C=O) groups excluding carboxylic acids is 1. The summed E-state index contributed by atoms with van der Waals surface area (Å²) < 4.78 is 27.8. The number of hydrogen-bond acceptors (Lipinski definition) is 3. The molecular formula is C18H17BrCl2N2O3S. The average Bonchev–Trinajstić information content (AvgIpc) is 2.65. The molecular weight excluding hydrogens is 475 g/mol. The highest BCUT2D eigenvalue weighted by atomic mass is 79.9. The van der Waals surface area contributed by atoms with Crippen LogP contribution in [0.4, 0.5) is 5.69 Å². The second kappa shape index (κ2) is 8.49. The van der Waals surface area contributed by atoms with Crippen LogP contribution in [0.3, 0.4) is 0 Å². The van der Waals surface area contributed by atoms with Crippen LogP contribution >= 0.6 is 39.1 Å². The average molecular weight is 492 g/mol. The summed E-state index contributed by atoms with van der Waals surface area (Å²) in [5, 5.41) is 3.78. The largest absolute Gasteiger partial charge is 0.326 e. The van der Waals surface area contributed by atoms with Crippen LogP contribution in [0, 0.1) is 5.92 Å². The third-order valence-electron chi connectivity index (χ3n) is 4.39. The molecule has 0 spiro atoms. The Morgan fingerprint density at radius 2 is 1.85 bits per heavy atom. The first-order valence-electron chi connectivity index (χ1n) is 8.29. The van der Waals surface area contributed by atoms with Crippen molar-refractivity contribution < 1.29 is 13.2 Å². The van der Waals surface area contributed by atoms with Crippen LogP contribution in [-0.2, 0) is 14.8 Å². The maximum atomic E-state index is 12.8. The summed E-state index contributed by atoms with van der Waals surface area (Å²) in [5.41, 5.74) is 0.575. The number of nitrogens with one attached hydrogen (secondary N) is 1. The maximum absolute atomic E-state index is 12.8. The fourth-order valence-corrected chi connectivity index (χ4v) is 5.03. The lowest BCUT2D eigenvalue weighted by molar-refractivity contribution is -0.120. The van der Waals surface area contributed by atoms with Gasteiger partial charge in [0, 0.05) is 28.3 Å². The van der Waals surface area contributed by atoms with Crippen molar-refractivity contribution in [2.45, 2.75) is 17.7 Å². The molecule has 1 amide bonds. The summed E-state index contributed by atoms with van der Waals surface area (Å²) in [6.45, 7) is 0.528. The molecule has 0 saturated carbocycles. The predicted molar refractivity (Wildman–Crippen MR) is 111 cm³/mol. The minimum atomic E-state index is -3.66. The summed E-state index contributed by atoms with van der Waals surface area (Å²) in [5.74, 6) is -0.646. The number of hydrogen-bond donors (Lipinski definition) is 1. The molecule has 1 saturated heterocycles. The summed E-state index contributed by atoms with van der Waals surface area (Å²) in [6.07, 6.45) is 1.24. The van der Waals surface area contributed by atoms with Crippen LogP contribution in [0.1, 0.15) is 12.8 Å². The smallest absolute Gasteiger partial charge is 0.243 e. The van der Waals surface area contributed by atoms with Crippen molar-refractivity contribution in [1.82, 2.24) is 4.31 Å². The molecule has 1 aliphatic heterocycles. The Morgan fingerprint density at radius 3 is 2.52 bits per heavy atom. The fourth-order valence-electron chi connectivity index (χ4n) is 2.95. The highest BCUT2D eigenvalue weighted by molar-refractivity contribution is 9.10.